The van der Waals surface area contributed by atoms with Crippen LogP contribution in [0, 0.1) is 17.3 Å². The Bertz CT molecular complexity index is 482. The Morgan fingerprint density at radius 2 is 1.90 bits per heavy atom. The Morgan fingerprint density at radius 1 is 1.24 bits per heavy atom. The van der Waals surface area contributed by atoms with Gasteiger partial charge in [-0.05, 0) is 61.1 Å². The molecule has 0 aliphatic heterocycles. The van der Waals surface area contributed by atoms with Gasteiger partial charge in [0.1, 0.15) is 0 Å². The van der Waals surface area contributed by atoms with Crippen molar-refractivity contribution in [2.45, 2.75) is 46.5 Å². The van der Waals surface area contributed by atoms with Crippen LogP contribution in [-0.4, -0.2) is 12.5 Å². The van der Waals surface area contributed by atoms with Crippen LogP contribution < -0.4 is 11.1 Å². The maximum absolute atomic E-state index is 11.2. The second-order valence-corrected chi connectivity index (χ2v) is 7.41. The molecule has 0 spiro atoms. The van der Waals surface area contributed by atoms with Crippen molar-refractivity contribution in [1.29, 1.82) is 0 Å². The number of benzene rings is 1. The van der Waals surface area contributed by atoms with E-state index in [0.29, 0.717) is 11.0 Å². The molecule has 1 aromatic carbocycles. The number of hydrogen-bond acceptors (Lipinski definition) is 2. The minimum atomic E-state index is -0.371. The molecule has 1 aliphatic rings. The molecule has 0 aromatic heterocycles. The van der Waals surface area contributed by atoms with Gasteiger partial charge in [-0.15, -0.1) is 0 Å². The van der Waals surface area contributed by atoms with Crippen molar-refractivity contribution in [2.75, 3.05) is 11.9 Å². The molecule has 116 valence electrons. The first-order valence-electron chi connectivity index (χ1n) is 8.00. The number of anilines is 1. The van der Waals surface area contributed by atoms with Crippen molar-refractivity contribution in [2.24, 2.45) is 23.0 Å². The van der Waals surface area contributed by atoms with Crippen molar-refractivity contribution in [3.8, 4) is 0 Å². The summed E-state index contributed by atoms with van der Waals surface area (Å²) in [5, 5.41) is 3.46. The van der Waals surface area contributed by atoms with Gasteiger partial charge in [-0.3, -0.25) is 4.79 Å². The highest BCUT2D eigenvalue weighted by atomic mass is 16.1. The van der Waals surface area contributed by atoms with Crippen LogP contribution in [-0.2, 0) is 0 Å². The van der Waals surface area contributed by atoms with E-state index in [1.807, 2.05) is 18.2 Å². The molecule has 3 nitrogen and oxygen atoms in total. The van der Waals surface area contributed by atoms with Crippen molar-refractivity contribution in [1.82, 2.24) is 0 Å². The second kappa shape index (κ2) is 6.50. The second-order valence-electron chi connectivity index (χ2n) is 7.41. The summed E-state index contributed by atoms with van der Waals surface area (Å²) in [6.45, 7) is 8.04. The fraction of sp³-hybridized carbons (Fsp3) is 0.611. The summed E-state index contributed by atoms with van der Waals surface area (Å²) in [4.78, 5) is 11.2. The van der Waals surface area contributed by atoms with Crippen molar-refractivity contribution in [3.05, 3.63) is 29.8 Å². The maximum atomic E-state index is 11.2. The molecule has 0 heterocycles. The van der Waals surface area contributed by atoms with Gasteiger partial charge >= 0.3 is 0 Å². The Hall–Kier alpha value is -1.51. The first kappa shape index (κ1) is 15.9. The van der Waals surface area contributed by atoms with Crippen LogP contribution in [0.4, 0.5) is 5.69 Å². The zero-order chi connectivity index (χ0) is 15.5. The lowest BCUT2D eigenvalue weighted by Gasteiger charge is -2.37. The van der Waals surface area contributed by atoms with Gasteiger partial charge in [0.25, 0.3) is 0 Å². The van der Waals surface area contributed by atoms with Gasteiger partial charge in [-0.2, -0.15) is 0 Å². The molecular weight excluding hydrogens is 260 g/mol. The van der Waals surface area contributed by atoms with Crippen LogP contribution in [0.15, 0.2) is 24.3 Å². The number of carbonyl (C=O) groups excluding carboxylic acids is 1. The molecule has 0 atom stereocenters. The van der Waals surface area contributed by atoms with Gasteiger partial charge in [0.2, 0.25) is 5.91 Å². The van der Waals surface area contributed by atoms with Gasteiger partial charge in [0.15, 0.2) is 0 Å². The molecule has 0 radical (unpaired) electrons. The molecular formula is C18H28N2O. The largest absolute Gasteiger partial charge is 0.385 e. The van der Waals surface area contributed by atoms with E-state index in [1.54, 1.807) is 6.07 Å². The zero-order valence-corrected chi connectivity index (χ0v) is 13.5. The summed E-state index contributed by atoms with van der Waals surface area (Å²) in [7, 11) is 0. The third-order valence-electron chi connectivity index (χ3n) is 4.81. The minimum Gasteiger partial charge on any atom is -0.385 e. The third kappa shape index (κ3) is 4.48. The molecule has 2 rings (SSSR count). The van der Waals surface area contributed by atoms with Gasteiger partial charge in [0.05, 0.1) is 0 Å². The molecule has 3 N–H and O–H groups in total. The van der Waals surface area contributed by atoms with Crippen molar-refractivity contribution in [3.63, 3.8) is 0 Å². The minimum absolute atomic E-state index is 0.371. The summed E-state index contributed by atoms with van der Waals surface area (Å²) in [6, 6.07) is 7.46. The highest BCUT2D eigenvalue weighted by molar-refractivity contribution is 5.93. The summed E-state index contributed by atoms with van der Waals surface area (Å²) < 4.78 is 0. The number of nitrogens with one attached hydrogen (secondary N) is 1. The molecule has 21 heavy (non-hydrogen) atoms. The number of rotatable bonds is 4. The fourth-order valence-electron chi connectivity index (χ4n) is 3.28. The molecule has 1 aromatic rings. The predicted octanol–water partition coefficient (Wildman–Crippen LogP) is 4.05. The van der Waals surface area contributed by atoms with Gasteiger partial charge in [0, 0.05) is 17.8 Å². The van der Waals surface area contributed by atoms with E-state index >= 15 is 0 Å². The summed E-state index contributed by atoms with van der Waals surface area (Å²) in [5.74, 6) is 1.22. The van der Waals surface area contributed by atoms with E-state index in [9.17, 15) is 4.79 Å². The van der Waals surface area contributed by atoms with Crippen molar-refractivity contribution < 1.29 is 4.79 Å². The third-order valence-corrected chi connectivity index (χ3v) is 4.81. The summed E-state index contributed by atoms with van der Waals surface area (Å²) in [5.41, 5.74) is 7.31. The SMILES string of the molecule is CC(C)(C)C1CCC(CNc2cccc(C(N)=O)c2)CC1. The molecule has 1 fully saturated rings. The first-order valence-corrected chi connectivity index (χ1v) is 8.00. The Balaban J connectivity index is 1.82. The quantitative estimate of drug-likeness (QED) is 0.878. The highest BCUT2D eigenvalue weighted by Crippen LogP contribution is 2.39. The van der Waals surface area contributed by atoms with E-state index in [-0.39, 0.29) is 5.91 Å². The van der Waals surface area contributed by atoms with E-state index in [2.05, 4.69) is 26.1 Å². The van der Waals surface area contributed by atoms with Gasteiger partial charge < -0.3 is 11.1 Å². The van der Waals surface area contributed by atoms with E-state index in [4.69, 9.17) is 5.73 Å². The highest BCUT2D eigenvalue weighted by Gasteiger charge is 2.29. The number of amides is 1. The van der Waals surface area contributed by atoms with E-state index in [1.165, 1.54) is 25.7 Å². The number of nitrogens with two attached hydrogens (primary N) is 1. The topological polar surface area (TPSA) is 55.1 Å². The first-order chi connectivity index (χ1) is 9.86. The molecule has 1 aliphatic carbocycles. The number of hydrogen-bond donors (Lipinski definition) is 2. The molecule has 0 unspecified atom stereocenters. The van der Waals surface area contributed by atoms with Crippen LogP contribution >= 0.6 is 0 Å². The monoisotopic (exact) mass is 288 g/mol. The lowest BCUT2D eigenvalue weighted by atomic mass is 9.70. The Kier molecular flexibility index (Phi) is 4.92. The number of carbonyl (C=O) groups is 1. The molecule has 0 bridgehead atoms. The standard InChI is InChI=1S/C18H28N2O/c1-18(2,3)15-9-7-13(8-10-15)12-20-16-6-4-5-14(11-16)17(19)21/h4-6,11,13,15,20H,7-10,12H2,1-3H3,(H2,19,21). The van der Waals surface area contributed by atoms with E-state index in [0.717, 1.165) is 24.1 Å². The zero-order valence-electron chi connectivity index (χ0n) is 13.5. The molecule has 1 saturated carbocycles. The fourth-order valence-corrected chi connectivity index (χ4v) is 3.28. The van der Waals surface area contributed by atoms with Gasteiger partial charge in [-0.1, -0.05) is 26.8 Å². The van der Waals surface area contributed by atoms with E-state index < -0.39 is 0 Å². The average molecular weight is 288 g/mol. The van der Waals surface area contributed by atoms with Crippen LogP contribution in [0.3, 0.4) is 0 Å². The summed E-state index contributed by atoms with van der Waals surface area (Å²) >= 11 is 0. The normalized spacial score (nSPS) is 22.8. The lowest BCUT2D eigenvalue weighted by molar-refractivity contribution is 0.100. The molecule has 3 heteroatoms. The van der Waals surface area contributed by atoms with Gasteiger partial charge in [-0.25, -0.2) is 0 Å². The van der Waals surface area contributed by atoms with Crippen LogP contribution in [0.25, 0.3) is 0 Å². The Labute approximate surface area is 128 Å². The summed E-state index contributed by atoms with van der Waals surface area (Å²) in [6.07, 6.45) is 5.25. The lowest BCUT2D eigenvalue weighted by Crippen LogP contribution is -2.28. The predicted molar refractivity (Wildman–Crippen MR) is 88.4 cm³/mol. The number of primary amides is 1. The van der Waals surface area contributed by atoms with Crippen LogP contribution in [0.1, 0.15) is 56.8 Å². The smallest absolute Gasteiger partial charge is 0.248 e. The van der Waals surface area contributed by atoms with Crippen molar-refractivity contribution >= 4 is 11.6 Å². The van der Waals surface area contributed by atoms with Crippen LogP contribution in [0.2, 0.25) is 0 Å². The van der Waals surface area contributed by atoms with Crippen LogP contribution in [0.5, 0.6) is 0 Å². The Morgan fingerprint density at radius 3 is 2.48 bits per heavy atom. The average Bonchev–Trinajstić information content (AvgIpc) is 2.45. The molecule has 1 amide bonds. The maximum Gasteiger partial charge on any atom is 0.248 e. The molecule has 0 saturated heterocycles.